The molecule has 0 saturated carbocycles. The molecular formula is C14H27N5O2S. The van der Waals surface area contributed by atoms with Crippen LogP contribution in [0.2, 0.25) is 0 Å². The van der Waals surface area contributed by atoms with Gasteiger partial charge in [-0.05, 0) is 19.3 Å². The molecule has 8 heteroatoms. The number of hydrogen-bond acceptors (Lipinski definition) is 8. The van der Waals surface area contributed by atoms with Gasteiger partial charge in [0, 0.05) is 12.3 Å². The van der Waals surface area contributed by atoms with Gasteiger partial charge in [0.1, 0.15) is 5.69 Å². The van der Waals surface area contributed by atoms with Gasteiger partial charge >= 0.3 is 0 Å². The number of aromatic nitrogens is 2. The third-order valence-corrected chi connectivity index (χ3v) is 4.10. The molecule has 0 aliphatic heterocycles. The van der Waals surface area contributed by atoms with Crippen LogP contribution in [0.15, 0.2) is 5.16 Å². The molecule has 1 aromatic heterocycles. The van der Waals surface area contributed by atoms with Gasteiger partial charge in [0.15, 0.2) is 16.8 Å². The molecule has 1 rings (SSSR count). The second-order valence-electron chi connectivity index (χ2n) is 4.84. The lowest BCUT2D eigenvalue weighted by Crippen LogP contribution is -2.19. The molecule has 0 spiro atoms. The van der Waals surface area contributed by atoms with Gasteiger partial charge in [-0.1, -0.05) is 25.6 Å². The first kappa shape index (κ1) is 18.8. The molecule has 6 N–H and O–H groups in total. The molecule has 1 atom stereocenters. The van der Waals surface area contributed by atoms with Gasteiger partial charge in [-0.2, -0.15) is 0 Å². The number of thioether (sulfide) groups is 1. The van der Waals surface area contributed by atoms with Crippen molar-refractivity contribution >= 4 is 29.1 Å². The number of ether oxygens (including phenoxy) is 1. The van der Waals surface area contributed by atoms with E-state index in [1.807, 2.05) is 0 Å². The zero-order valence-electron chi connectivity index (χ0n) is 13.3. The van der Waals surface area contributed by atoms with Crippen molar-refractivity contribution in [3.8, 4) is 0 Å². The minimum absolute atomic E-state index is 0.0390. The van der Waals surface area contributed by atoms with E-state index in [9.17, 15) is 0 Å². The zero-order chi connectivity index (χ0) is 16.4. The molecule has 0 amide bonds. The number of nitrogens with one attached hydrogen (secondary N) is 1. The number of nitrogens with two attached hydrogens (primary N) is 2. The molecule has 1 aromatic rings. The van der Waals surface area contributed by atoms with Crippen LogP contribution in [0.4, 0.5) is 17.3 Å². The number of anilines is 3. The topological polar surface area (TPSA) is 119 Å². The first-order valence-corrected chi connectivity index (χ1v) is 8.63. The third kappa shape index (κ3) is 6.25. The van der Waals surface area contributed by atoms with Gasteiger partial charge in [0.25, 0.3) is 0 Å². The summed E-state index contributed by atoms with van der Waals surface area (Å²) in [4.78, 5) is 8.59. The number of rotatable bonds is 11. The van der Waals surface area contributed by atoms with Crippen molar-refractivity contribution in [2.45, 2.75) is 44.4 Å². The van der Waals surface area contributed by atoms with E-state index in [2.05, 4.69) is 29.1 Å². The fourth-order valence-corrected chi connectivity index (χ4v) is 2.54. The van der Waals surface area contributed by atoms with Gasteiger partial charge in [-0.3, -0.25) is 0 Å². The lowest BCUT2D eigenvalue weighted by Gasteiger charge is -2.17. The Morgan fingerprint density at radius 1 is 1.32 bits per heavy atom. The molecule has 0 radical (unpaired) electrons. The fourth-order valence-electron chi connectivity index (χ4n) is 1.83. The van der Waals surface area contributed by atoms with Gasteiger partial charge in [-0.15, -0.1) is 0 Å². The smallest absolute Gasteiger partial charge is 0.191 e. The second kappa shape index (κ2) is 10.5. The Labute approximate surface area is 136 Å². The van der Waals surface area contributed by atoms with E-state index in [4.69, 9.17) is 21.3 Å². The summed E-state index contributed by atoms with van der Waals surface area (Å²) in [5.41, 5.74) is 12.1. The molecule has 1 unspecified atom stereocenters. The molecule has 0 bridgehead atoms. The van der Waals surface area contributed by atoms with E-state index < -0.39 is 0 Å². The Morgan fingerprint density at radius 2 is 2.09 bits per heavy atom. The molecule has 0 aliphatic carbocycles. The largest absolute Gasteiger partial charge is 0.394 e. The van der Waals surface area contributed by atoms with E-state index >= 15 is 0 Å². The highest BCUT2D eigenvalue weighted by atomic mass is 32.2. The number of nitrogen functional groups attached to an aromatic ring is 2. The van der Waals surface area contributed by atoms with Crippen LogP contribution in [-0.2, 0) is 4.74 Å². The molecule has 22 heavy (non-hydrogen) atoms. The molecule has 126 valence electrons. The van der Waals surface area contributed by atoms with Gasteiger partial charge < -0.3 is 26.6 Å². The van der Waals surface area contributed by atoms with Crippen LogP contribution in [0.1, 0.15) is 33.1 Å². The van der Waals surface area contributed by atoms with Crippen molar-refractivity contribution in [2.75, 3.05) is 42.3 Å². The van der Waals surface area contributed by atoms with Crippen molar-refractivity contribution in [3.63, 3.8) is 0 Å². The van der Waals surface area contributed by atoms with Crippen LogP contribution < -0.4 is 16.8 Å². The molecule has 7 nitrogen and oxygen atoms in total. The summed E-state index contributed by atoms with van der Waals surface area (Å²) < 4.78 is 5.53. The molecular weight excluding hydrogens is 302 g/mol. The summed E-state index contributed by atoms with van der Waals surface area (Å²) in [5, 5.41) is 12.6. The zero-order valence-corrected chi connectivity index (χ0v) is 14.2. The van der Waals surface area contributed by atoms with Crippen molar-refractivity contribution in [1.82, 2.24) is 9.97 Å². The van der Waals surface area contributed by atoms with E-state index in [1.54, 1.807) is 11.8 Å². The van der Waals surface area contributed by atoms with Gasteiger partial charge in [0.05, 0.1) is 19.3 Å². The highest BCUT2D eigenvalue weighted by molar-refractivity contribution is 7.99. The van der Waals surface area contributed by atoms with Crippen LogP contribution in [0.3, 0.4) is 0 Å². The van der Waals surface area contributed by atoms with Crippen molar-refractivity contribution in [2.24, 2.45) is 0 Å². The van der Waals surface area contributed by atoms with Gasteiger partial charge in [-0.25, -0.2) is 9.97 Å². The van der Waals surface area contributed by atoms with Crippen molar-refractivity contribution < 1.29 is 9.84 Å². The molecule has 0 aliphatic rings. The Balaban J connectivity index is 2.58. The van der Waals surface area contributed by atoms with Crippen LogP contribution in [0.25, 0.3) is 0 Å². The lowest BCUT2D eigenvalue weighted by atomic mass is 10.2. The SMILES string of the molecule is CCCSc1nc(N)c(N)c(NCCC(CC)OCCO)n1. The number of hydrogen-bond donors (Lipinski definition) is 4. The maximum atomic E-state index is 8.79. The van der Waals surface area contributed by atoms with E-state index in [1.165, 1.54) is 0 Å². The van der Waals surface area contributed by atoms with Crippen molar-refractivity contribution in [3.05, 3.63) is 0 Å². The molecule has 0 aromatic carbocycles. The summed E-state index contributed by atoms with van der Waals surface area (Å²) in [6, 6.07) is 0. The van der Waals surface area contributed by atoms with E-state index in [-0.39, 0.29) is 12.7 Å². The minimum Gasteiger partial charge on any atom is -0.394 e. The Morgan fingerprint density at radius 3 is 2.73 bits per heavy atom. The van der Waals surface area contributed by atoms with Crippen molar-refractivity contribution in [1.29, 1.82) is 0 Å². The molecule has 0 saturated heterocycles. The first-order valence-electron chi connectivity index (χ1n) is 7.64. The average Bonchev–Trinajstić information content (AvgIpc) is 2.52. The van der Waals surface area contributed by atoms with Crippen LogP contribution in [0.5, 0.6) is 0 Å². The standard InChI is InChI=1S/C14H27N5O2S/c1-3-9-22-14-18-12(16)11(15)13(19-14)17-6-5-10(4-2)21-8-7-20/h10,20H,3-9,15H2,1-2H3,(H3,16,17,18,19). The third-order valence-electron chi connectivity index (χ3n) is 3.05. The summed E-state index contributed by atoms with van der Waals surface area (Å²) in [6.07, 6.45) is 2.84. The summed E-state index contributed by atoms with van der Waals surface area (Å²) in [6.45, 7) is 5.22. The lowest BCUT2D eigenvalue weighted by molar-refractivity contribution is 0.0241. The van der Waals surface area contributed by atoms with Crippen LogP contribution >= 0.6 is 11.8 Å². The fraction of sp³-hybridized carbons (Fsp3) is 0.714. The Kier molecular flexibility index (Phi) is 8.95. The van der Waals surface area contributed by atoms with E-state index in [0.717, 1.165) is 25.0 Å². The minimum atomic E-state index is 0.0390. The highest BCUT2D eigenvalue weighted by Crippen LogP contribution is 2.25. The highest BCUT2D eigenvalue weighted by Gasteiger charge is 2.11. The quantitative estimate of drug-likeness (QED) is 0.358. The van der Waals surface area contributed by atoms with Gasteiger partial charge in [0.2, 0.25) is 0 Å². The predicted octanol–water partition coefficient (Wildman–Crippen LogP) is 1.73. The predicted molar refractivity (Wildman–Crippen MR) is 92.1 cm³/mol. The average molecular weight is 329 g/mol. The Hall–Kier alpha value is -1.25. The Bertz CT molecular complexity index is 447. The van der Waals surface area contributed by atoms with Crippen LogP contribution in [0, 0.1) is 0 Å². The van der Waals surface area contributed by atoms with Crippen LogP contribution in [-0.4, -0.2) is 46.7 Å². The monoisotopic (exact) mass is 329 g/mol. The maximum Gasteiger partial charge on any atom is 0.191 e. The summed E-state index contributed by atoms with van der Waals surface area (Å²) in [5.74, 6) is 1.82. The number of nitrogens with zero attached hydrogens (tertiary/aromatic N) is 2. The molecule has 1 heterocycles. The first-order chi connectivity index (χ1) is 10.6. The number of aliphatic hydroxyl groups is 1. The summed E-state index contributed by atoms with van der Waals surface area (Å²) >= 11 is 1.56. The molecule has 0 fully saturated rings. The normalized spacial score (nSPS) is 12.3. The number of aliphatic hydroxyl groups excluding tert-OH is 1. The summed E-state index contributed by atoms with van der Waals surface area (Å²) in [7, 11) is 0. The van der Waals surface area contributed by atoms with E-state index in [0.29, 0.717) is 35.6 Å². The maximum absolute atomic E-state index is 8.79. The second-order valence-corrected chi connectivity index (χ2v) is 5.90.